The molecule has 0 spiro atoms. The third-order valence-electron chi connectivity index (χ3n) is 6.30. The fraction of sp³-hybridized carbons (Fsp3) is 0.545. The molecule has 2 fully saturated rings. The summed E-state index contributed by atoms with van der Waals surface area (Å²) in [6.07, 6.45) is 5.23. The van der Waals surface area contributed by atoms with E-state index < -0.39 is 12.4 Å². The molecule has 0 bridgehead atoms. The number of rotatable bonds is 7. The van der Waals surface area contributed by atoms with E-state index in [0.717, 1.165) is 32.0 Å². The van der Waals surface area contributed by atoms with Crippen molar-refractivity contribution in [2.24, 2.45) is 0 Å². The van der Waals surface area contributed by atoms with Gasteiger partial charge in [0.25, 0.3) is 0 Å². The minimum absolute atomic E-state index is 0.120. The molecule has 2 aromatic rings. The maximum absolute atomic E-state index is 14.4. The van der Waals surface area contributed by atoms with Crippen molar-refractivity contribution in [1.29, 1.82) is 0 Å². The quantitative estimate of drug-likeness (QED) is 0.627. The van der Waals surface area contributed by atoms with E-state index in [-0.39, 0.29) is 34.8 Å². The average molecular weight is 451 g/mol. The van der Waals surface area contributed by atoms with Crippen molar-refractivity contribution in [1.82, 2.24) is 14.9 Å². The Balaban J connectivity index is 1.45. The molecule has 7 nitrogen and oxygen atoms in total. The Labute approximate surface area is 185 Å². The van der Waals surface area contributed by atoms with Gasteiger partial charge in [-0.1, -0.05) is 0 Å². The van der Waals surface area contributed by atoms with Gasteiger partial charge in [0, 0.05) is 35.9 Å². The van der Waals surface area contributed by atoms with Gasteiger partial charge in [0.2, 0.25) is 5.95 Å². The Hall–Kier alpha value is -2.75. The molecule has 10 heteroatoms. The van der Waals surface area contributed by atoms with E-state index in [4.69, 9.17) is 4.74 Å². The van der Waals surface area contributed by atoms with E-state index in [2.05, 4.69) is 44.1 Å². The minimum Gasteiger partial charge on any atom is -0.493 e. The molecule has 0 amide bonds. The predicted octanol–water partition coefficient (Wildman–Crippen LogP) is 4.79. The summed E-state index contributed by atoms with van der Waals surface area (Å²) < 4.78 is 49.3. The van der Waals surface area contributed by atoms with Crippen LogP contribution in [-0.4, -0.2) is 52.8 Å². The summed E-state index contributed by atoms with van der Waals surface area (Å²) in [6, 6.07) is 5.05. The molecule has 3 heterocycles. The Morgan fingerprint density at radius 2 is 2.03 bits per heavy atom. The predicted molar refractivity (Wildman–Crippen MR) is 115 cm³/mol. The lowest BCUT2D eigenvalue weighted by Gasteiger charge is -2.42. The van der Waals surface area contributed by atoms with Crippen LogP contribution in [-0.2, 0) is 0 Å². The summed E-state index contributed by atoms with van der Waals surface area (Å²) in [5.74, 6) is -0.239. The van der Waals surface area contributed by atoms with Crippen molar-refractivity contribution >= 4 is 17.5 Å². The van der Waals surface area contributed by atoms with Crippen LogP contribution in [0.3, 0.4) is 0 Å². The highest BCUT2D eigenvalue weighted by molar-refractivity contribution is 5.60. The molecule has 2 atom stereocenters. The number of alkyl halides is 2. The minimum atomic E-state index is -2.99. The number of aromatic nitrogens is 2. The van der Waals surface area contributed by atoms with Crippen LogP contribution in [0.15, 0.2) is 24.4 Å². The number of fused-ring (bicyclic) bond motifs is 1. The van der Waals surface area contributed by atoms with Gasteiger partial charge in [-0.3, -0.25) is 4.90 Å². The summed E-state index contributed by atoms with van der Waals surface area (Å²) in [6.45, 7) is 2.53. The Bertz CT molecular complexity index is 959. The lowest BCUT2D eigenvalue weighted by Crippen LogP contribution is -2.50. The van der Waals surface area contributed by atoms with E-state index in [0.29, 0.717) is 11.7 Å². The zero-order valence-electron chi connectivity index (χ0n) is 18.4. The van der Waals surface area contributed by atoms with Crippen molar-refractivity contribution in [3.05, 3.63) is 30.2 Å². The second-order valence-corrected chi connectivity index (χ2v) is 8.82. The number of nitrogens with zero attached hydrogens (tertiary/aromatic N) is 3. The van der Waals surface area contributed by atoms with Crippen molar-refractivity contribution < 1.29 is 22.6 Å². The van der Waals surface area contributed by atoms with Crippen LogP contribution in [0.1, 0.15) is 39.5 Å². The standard InChI is InChI=1S/C22H28F3N5O2/c1-22(2)8-6-15-10-14(7-9-30(15)22)27-19-16(23)12-26-21(29-19)28-13-4-5-17(31-3)18(11-13)32-20(24)25/h4-5,11-12,14-15,20H,6-10H2,1-3H3,(H2,26,27,28,29). The molecule has 32 heavy (non-hydrogen) atoms. The number of anilines is 3. The van der Waals surface area contributed by atoms with Gasteiger partial charge in [-0.25, -0.2) is 9.37 Å². The maximum Gasteiger partial charge on any atom is 0.387 e. The number of nitrogens with one attached hydrogen (secondary N) is 2. The van der Waals surface area contributed by atoms with Crippen LogP contribution in [0.2, 0.25) is 0 Å². The first-order valence-electron chi connectivity index (χ1n) is 10.7. The molecule has 4 rings (SSSR count). The monoisotopic (exact) mass is 451 g/mol. The number of ether oxygens (including phenoxy) is 2. The number of methoxy groups -OCH3 is 1. The molecule has 1 aromatic carbocycles. The van der Waals surface area contributed by atoms with Crippen molar-refractivity contribution in [2.75, 3.05) is 24.3 Å². The molecule has 2 unspecified atom stereocenters. The van der Waals surface area contributed by atoms with Gasteiger partial charge in [-0.2, -0.15) is 13.8 Å². The zero-order chi connectivity index (χ0) is 22.9. The molecule has 174 valence electrons. The van der Waals surface area contributed by atoms with Crippen molar-refractivity contribution in [3.8, 4) is 11.5 Å². The van der Waals surface area contributed by atoms with Crippen LogP contribution in [0.5, 0.6) is 11.5 Å². The molecule has 2 saturated heterocycles. The SMILES string of the molecule is COc1ccc(Nc2ncc(F)c(NC3CCN4C(CCC4(C)C)C3)n2)cc1OC(F)F. The smallest absolute Gasteiger partial charge is 0.387 e. The van der Waals surface area contributed by atoms with Crippen LogP contribution >= 0.6 is 0 Å². The molecule has 0 radical (unpaired) electrons. The molecular weight excluding hydrogens is 423 g/mol. The lowest BCUT2D eigenvalue weighted by molar-refractivity contribution is -0.0511. The summed E-state index contributed by atoms with van der Waals surface area (Å²) >= 11 is 0. The highest BCUT2D eigenvalue weighted by Gasteiger charge is 2.42. The topological polar surface area (TPSA) is 71.5 Å². The molecule has 2 N–H and O–H groups in total. The summed E-state index contributed by atoms with van der Waals surface area (Å²) in [7, 11) is 1.36. The fourth-order valence-corrected chi connectivity index (χ4v) is 4.71. The fourth-order valence-electron chi connectivity index (χ4n) is 4.71. The summed E-state index contributed by atoms with van der Waals surface area (Å²) in [5.41, 5.74) is 0.624. The molecule has 0 saturated carbocycles. The van der Waals surface area contributed by atoms with Crippen LogP contribution in [0, 0.1) is 5.82 Å². The van der Waals surface area contributed by atoms with Crippen LogP contribution in [0.4, 0.5) is 30.6 Å². The van der Waals surface area contributed by atoms with E-state index in [1.165, 1.54) is 25.7 Å². The van der Waals surface area contributed by atoms with E-state index in [9.17, 15) is 13.2 Å². The van der Waals surface area contributed by atoms with Gasteiger partial charge in [-0.05, 0) is 51.7 Å². The van der Waals surface area contributed by atoms with Gasteiger partial charge < -0.3 is 20.1 Å². The molecule has 2 aliphatic rings. The Morgan fingerprint density at radius 3 is 2.78 bits per heavy atom. The Morgan fingerprint density at radius 1 is 1.22 bits per heavy atom. The molecule has 2 aliphatic heterocycles. The summed E-state index contributed by atoms with van der Waals surface area (Å²) in [5, 5.41) is 6.14. The van der Waals surface area contributed by atoms with Crippen LogP contribution in [0.25, 0.3) is 0 Å². The number of hydrogen-bond acceptors (Lipinski definition) is 7. The highest BCUT2D eigenvalue weighted by atomic mass is 19.3. The first-order chi connectivity index (χ1) is 15.2. The third kappa shape index (κ3) is 4.85. The van der Waals surface area contributed by atoms with Crippen LogP contribution < -0.4 is 20.1 Å². The average Bonchev–Trinajstić information content (AvgIpc) is 3.04. The highest BCUT2D eigenvalue weighted by Crippen LogP contribution is 2.39. The first-order valence-corrected chi connectivity index (χ1v) is 10.7. The largest absolute Gasteiger partial charge is 0.493 e. The maximum atomic E-state index is 14.4. The van der Waals surface area contributed by atoms with Gasteiger partial charge in [0.15, 0.2) is 23.1 Å². The zero-order valence-corrected chi connectivity index (χ0v) is 18.4. The number of piperidine rings is 1. The van der Waals surface area contributed by atoms with Gasteiger partial charge in [0.1, 0.15) is 0 Å². The van der Waals surface area contributed by atoms with Gasteiger partial charge in [-0.15, -0.1) is 0 Å². The van der Waals surface area contributed by atoms with Crippen molar-refractivity contribution in [2.45, 2.75) is 63.8 Å². The second-order valence-electron chi connectivity index (χ2n) is 8.82. The van der Waals surface area contributed by atoms with Gasteiger partial charge in [0.05, 0.1) is 13.3 Å². The first kappa shape index (κ1) is 22.4. The lowest BCUT2D eigenvalue weighted by atomic mass is 9.97. The van der Waals surface area contributed by atoms with E-state index in [1.54, 1.807) is 6.07 Å². The molecular formula is C22H28F3N5O2. The van der Waals surface area contributed by atoms with E-state index in [1.807, 2.05) is 0 Å². The molecule has 1 aromatic heterocycles. The molecule has 0 aliphatic carbocycles. The number of hydrogen-bond donors (Lipinski definition) is 2. The normalized spacial score (nSPS) is 22.5. The Kier molecular flexibility index (Phi) is 6.32. The van der Waals surface area contributed by atoms with E-state index >= 15 is 0 Å². The van der Waals surface area contributed by atoms with Gasteiger partial charge >= 0.3 is 6.61 Å². The number of halogens is 3. The third-order valence-corrected chi connectivity index (χ3v) is 6.30. The summed E-state index contributed by atoms with van der Waals surface area (Å²) in [4.78, 5) is 10.8. The second kappa shape index (κ2) is 9.01. The number of benzene rings is 1. The van der Waals surface area contributed by atoms with Crippen molar-refractivity contribution in [3.63, 3.8) is 0 Å².